The van der Waals surface area contributed by atoms with Crippen LogP contribution in [-0.2, 0) is 0 Å². The molecule has 0 aliphatic rings. The van der Waals surface area contributed by atoms with Crippen LogP contribution in [0.4, 0.5) is 4.39 Å². The van der Waals surface area contributed by atoms with Crippen molar-refractivity contribution in [2.24, 2.45) is 0 Å². The summed E-state index contributed by atoms with van der Waals surface area (Å²) < 4.78 is 12.2. The van der Waals surface area contributed by atoms with Crippen molar-refractivity contribution in [2.75, 3.05) is 0 Å². The lowest BCUT2D eigenvalue weighted by atomic mass is 10.3. The number of rotatable bonds is 3. The SMILES string of the molecule is C/C=C(F)\C=C/CCC.CC. The second-order valence-electron chi connectivity index (χ2n) is 1.86. The Balaban J connectivity index is 0. The maximum absolute atomic E-state index is 12.2. The first kappa shape index (κ1) is 13.0. The van der Waals surface area contributed by atoms with E-state index in [1.54, 1.807) is 6.92 Å². The van der Waals surface area contributed by atoms with Crippen LogP contribution >= 0.6 is 0 Å². The van der Waals surface area contributed by atoms with E-state index in [1.165, 1.54) is 12.2 Å². The van der Waals surface area contributed by atoms with Crippen LogP contribution in [0.15, 0.2) is 24.1 Å². The molecule has 0 saturated heterocycles. The van der Waals surface area contributed by atoms with E-state index in [2.05, 4.69) is 6.92 Å². The van der Waals surface area contributed by atoms with Crippen molar-refractivity contribution in [2.45, 2.75) is 40.5 Å². The number of hydrogen-bond donors (Lipinski definition) is 0. The second kappa shape index (κ2) is 12.1. The Kier molecular flexibility index (Phi) is 14.4. The minimum atomic E-state index is -0.150. The van der Waals surface area contributed by atoms with Gasteiger partial charge < -0.3 is 0 Å². The van der Waals surface area contributed by atoms with Gasteiger partial charge in [0.2, 0.25) is 0 Å². The van der Waals surface area contributed by atoms with Crippen LogP contribution in [0.5, 0.6) is 0 Å². The maximum atomic E-state index is 12.2. The van der Waals surface area contributed by atoms with Gasteiger partial charge in [0.05, 0.1) is 0 Å². The molecule has 0 rings (SSSR count). The number of unbranched alkanes of at least 4 members (excludes halogenated alkanes) is 1. The van der Waals surface area contributed by atoms with E-state index in [-0.39, 0.29) is 5.83 Å². The van der Waals surface area contributed by atoms with E-state index in [0.29, 0.717) is 0 Å². The number of halogens is 1. The molecule has 11 heavy (non-hydrogen) atoms. The topological polar surface area (TPSA) is 0 Å². The first-order valence-electron chi connectivity index (χ1n) is 4.29. The van der Waals surface area contributed by atoms with Crippen molar-refractivity contribution in [1.29, 1.82) is 0 Å². The maximum Gasteiger partial charge on any atom is 0.118 e. The molecule has 1 heteroatoms. The predicted octanol–water partition coefficient (Wildman–Crippen LogP) is 4.24. The fraction of sp³-hybridized carbons (Fsp3) is 0.600. The Morgan fingerprint density at radius 2 is 1.91 bits per heavy atom. The Labute approximate surface area is 69.8 Å². The lowest BCUT2D eigenvalue weighted by Gasteiger charge is -1.83. The molecule has 0 unspecified atom stereocenters. The van der Waals surface area contributed by atoms with Crippen molar-refractivity contribution < 1.29 is 4.39 Å². The van der Waals surface area contributed by atoms with Crippen LogP contribution in [0.3, 0.4) is 0 Å². The van der Waals surface area contributed by atoms with E-state index < -0.39 is 0 Å². The van der Waals surface area contributed by atoms with E-state index in [1.807, 2.05) is 19.9 Å². The monoisotopic (exact) mass is 158 g/mol. The molecular weight excluding hydrogens is 139 g/mol. The summed E-state index contributed by atoms with van der Waals surface area (Å²) in [6.07, 6.45) is 6.83. The Morgan fingerprint density at radius 3 is 2.27 bits per heavy atom. The largest absolute Gasteiger partial charge is 0.207 e. The highest BCUT2D eigenvalue weighted by molar-refractivity contribution is 5.09. The van der Waals surface area contributed by atoms with E-state index in [4.69, 9.17) is 0 Å². The average molecular weight is 158 g/mol. The lowest BCUT2D eigenvalue weighted by molar-refractivity contribution is 0.663. The van der Waals surface area contributed by atoms with Gasteiger partial charge in [-0.1, -0.05) is 39.3 Å². The van der Waals surface area contributed by atoms with Gasteiger partial charge in [0.1, 0.15) is 5.83 Å². The highest BCUT2D eigenvalue weighted by atomic mass is 19.1. The molecule has 0 aromatic heterocycles. The molecule has 0 spiro atoms. The third kappa shape index (κ3) is 12.6. The molecule has 66 valence electrons. The molecule has 0 amide bonds. The third-order valence-electron chi connectivity index (χ3n) is 1.01. The van der Waals surface area contributed by atoms with Gasteiger partial charge in [-0.15, -0.1) is 0 Å². The zero-order valence-corrected chi connectivity index (χ0v) is 8.02. The quantitative estimate of drug-likeness (QED) is 0.539. The fourth-order valence-electron chi connectivity index (χ4n) is 0.459. The molecular formula is C10H19F. The molecule has 0 aromatic rings. The number of allylic oxidation sites excluding steroid dienone is 4. The Morgan fingerprint density at radius 1 is 1.36 bits per heavy atom. The second-order valence-corrected chi connectivity index (χ2v) is 1.86. The third-order valence-corrected chi connectivity index (χ3v) is 1.01. The van der Waals surface area contributed by atoms with Crippen molar-refractivity contribution in [3.05, 3.63) is 24.1 Å². The first-order valence-corrected chi connectivity index (χ1v) is 4.29. The van der Waals surface area contributed by atoms with Gasteiger partial charge in [0.15, 0.2) is 0 Å². The van der Waals surface area contributed by atoms with Crippen molar-refractivity contribution in [3.63, 3.8) is 0 Å². The molecule has 0 aromatic carbocycles. The van der Waals surface area contributed by atoms with Crippen molar-refractivity contribution >= 4 is 0 Å². The van der Waals surface area contributed by atoms with Gasteiger partial charge in [-0.05, 0) is 19.4 Å². The van der Waals surface area contributed by atoms with Crippen molar-refractivity contribution in [3.8, 4) is 0 Å². The molecule has 0 nitrogen and oxygen atoms in total. The fourth-order valence-corrected chi connectivity index (χ4v) is 0.459. The molecule has 0 radical (unpaired) electrons. The van der Waals surface area contributed by atoms with E-state index in [9.17, 15) is 4.39 Å². The first-order chi connectivity index (χ1) is 5.31. The highest BCUT2D eigenvalue weighted by Gasteiger charge is 1.79. The lowest BCUT2D eigenvalue weighted by Crippen LogP contribution is -1.63. The summed E-state index contributed by atoms with van der Waals surface area (Å²) >= 11 is 0. The van der Waals surface area contributed by atoms with E-state index in [0.717, 1.165) is 12.8 Å². The Hall–Kier alpha value is -0.590. The zero-order chi connectivity index (χ0) is 9.11. The minimum absolute atomic E-state index is 0.150. The van der Waals surface area contributed by atoms with Gasteiger partial charge in [-0.2, -0.15) is 0 Å². The smallest absolute Gasteiger partial charge is 0.118 e. The summed E-state index contributed by atoms with van der Waals surface area (Å²) in [4.78, 5) is 0. The van der Waals surface area contributed by atoms with Crippen LogP contribution in [0.2, 0.25) is 0 Å². The van der Waals surface area contributed by atoms with E-state index >= 15 is 0 Å². The molecule has 0 bridgehead atoms. The van der Waals surface area contributed by atoms with Gasteiger partial charge in [0, 0.05) is 0 Å². The van der Waals surface area contributed by atoms with Crippen LogP contribution in [0, 0.1) is 0 Å². The summed E-state index contributed by atoms with van der Waals surface area (Å²) in [5, 5.41) is 0. The van der Waals surface area contributed by atoms with Gasteiger partial charge in [-0.3, -0.25) is 0 Å². The summed E-state index contributed by atoms with van der Waals surface area (Å²) in [6, 6.07) is 0. The van der Waals surface area contributed by atoms with Crippen LogP contribution in [-0.4, -0.2) is 0 Å². The normalized spacial score (nSPS) is 11.2. The molecule has 0 aliphatic carbocycles. The standard InChI is InChI=1S/C8H13F.C2H6/c1-3-5-6-7-8(9)4-2;1-2/h4,6-7H,3,5H2,1-2H3;1-2H3/b7-6-,8-4+;. The van der Waals surface area contributed by atoms with Crippen LogP contribution in [0.25, 0.3) is 0 Å². The molecule has 0 heterocycles. The molecule has 0 fully saturated rings. The van der Waals surface area contributed by atoms with Gasteiger partial charge >= 0.3 is 0 Å². The summed E-state index contributed by atoms with van der Waals surface area (Å²) in [7, 11) is 0. The molecule has 0 aliphatic heterocycles. The van der Waals surface area contributed by atoms with Crippen LogP contribution in [0.1, 0.15) is 40.5 Å². The zero-order valence-electron chi connectivity index (χ0n) is 8.02. The summed E-state index contributed by atoms with van der Waals surface area (Å²) in [5.41, 5.74) is 0. The Bertz CT molecular complexity index is 112. The average Bonchev–Trinajstić information content (AvgIpc) is 2.08. The highest BCUT2D eigenvalue weighted by Crippen LogP contribution is 1.99. The summed E-state index contributed by atoms with van der Waals surface area (Å²) in [5.74, 6) is -0.150. The minimum Gasteiger partial charge on any atom is -0.207 e. The van der Waals surface area contributed by atoms with Gasteiger partial charge in [0.25, 0.3) is 0 Å². The van der Waals surface area contributed by atoms with Gasteiger partial charge in [-0.25, -0.2) is 4.39 Å². The predicted molar refractivity (Wildman–Crippen MR) is 50.3 cm³/mol. The molecule has 0 saturated carbocycles. The summed E-state index contributed by atoms with van der Waals surface area (Å²) in [6.45, 7) is 7.75. The molecule has 0 N–H and O–H groups in total. The van der Waals surface area contributed by atoms with Crippen molar-refractivity contribution in [1.82, 2.24) is 0 Å². The van der Waals surface area contributed by atoms with Crippen LogP contribution < -0.4 is 0 Å². The number of hydrogen-bond acceptors (Lipinski definition) is 0. The molecule has 0 atom stereocenters.